The number of rotatable bonds is 4. The van der Waals surface area contributed by atoms with E-state index in [0.29, 0.717) is 39.3 Å². The lowest BCUT2D eigenvalue weighted by molar-refractivity contribution is 0.102. The molecule has 0 spiro atoms. The first-order chi connectivity index (χ1) is 10.0. The second kappa shape index (κ2) is 6.70. The molecule has 3 N–H and O–H groups in total. The van der Waals surface area contributed by atoms with Crippen LogP contribution in [-0.4, -0.2) is 12.5 Å². The molecule has 0 heterocycles. The topological polar surface area (TPSA) is 64.3 Å². The number of halogens is 2. The number of hydrogen-bond acceptors (Lipinski definition) is 3. The standard InChI is InChI=1S/C15H14Cl2N2O2/c1-2-21-14-10(4-3-5-12(14)18)15(20)19-13-7-6-9(16)8-11(13)17/h3-8H,2,18H2,1H3,(H,19,20). The summed E-state index contributed by atoms with van der Waals surface area (Å²) >= 11 is 11.9. The average Bonchev–Trinajstić information content (AvgIpc) is 2.44. The summed E-state index contributed by atoms with van der Waals surface area (Å²) in [4.78, 5) is 12.4. The molecule has 2 aromatic carbocycles. The first-order valence-electron chi connectivity index (χ1n) is 6.30. The smallest absolute Gasteiger partial charge is 0.259 e. The van der Waals surface area contributed by atoms with Gasteiger partial charge in [0, 0.05) is 5.02 Å². The second-order valence-corrected chi connectivity index (χ2v) is 5.08. The minimum Gasteiger partial charge on any atom is -0.491 e. The molecule has 0 bridgehead atoms. The molecular weight excluding hydrogens is 311 g/mol. The Kier molecular flexibility index (Phi) is 4.94. The number of ether oxygens (including phenoxy) is 1. The molecule has 0 aliphatic carbocycles. The van der Waals surface area contributed by atoms with Crippen LogP contribution >= 0.6 is 23.2 Å². The Balaban J connectivity index is 2.30. The molecule has 6 heteroatoms. The van der Waals surface area contributed by atoms with E-state index in [9.17, 15) is 4.79 Å². The van der Waals surface area contributed by atoms with Crippen LogP contribution in [0.2, 0.25) is 10.0 Å². The van der Waals surface area contributed by atoms with Crippen LogP contribution in [0.3, 0.4) is 0 Å². The second-order valence-electron chi connectivity index (χ2n) is 4.24. The Bertz CT molecular complexity index is 675. The number of carbonyl (C=O) groups is 1. The van der Waals surface area contributed by atoms with Crippen molar-refractivity contribution >= 4 is 40.5 Å². The van der Waals surface area contributed by atoms with Gasteiger partial charge in [-0.15, -0.1) is 0 Å². The Morgan fingerprint density at radius 3 is 2.71 bits per heavy atom. The number of nitrogens with two attached hydrogens (primary N) is 1. The summed E-state index contributed by atoms with van der Waals surface area (Å²) in [5.41, 5.74) is 7.07. The lowest BCUT2D eigenvalue weighted by atomic mass is 10.1. The van der Waals surface area contributed by atoms with Crippen molar-refractivity contribution in [2.45, 2.75) is 6.92 Å². The Hall–Kier alpha value is -1.91. The van der Waals surface area contributed by atoms with E-state index in [1.807, 2.05) is 6.92 Å². The van der Waals surface area contributed by atoms with E-state index in [1.165, 1.54) is 0 Å². The lowest BCUT2D eigenvalue weighted by Gasteiger charge is -2.13. The number of carbonyl (C=O) groups excluding carboxylic acids is 1. The lowest BCUT2D eigenvalue weighted by Crippen LogP contribution is -2.14. The van der Waals surface area contributed by atoms with Gasteiger partial charge >= 0.3 is 0 Å². The van der Waals surface area contributed by atoms with Gasteiger partial charge in [0.05, 0.1) is 28.6 Å². The quantitative estimate of drug-likeness (QED) is 0.827. The van der Waals surface area contributed by atoms with Gasteiger partial charge in [-0.05, 0) is 37.3 Å². The van der Waals surface area contributed by atoms with Gasteiger partial charge in [-0.1, -0.05) is 29.3 Å². The first kappa shape index (κ1) is 15.5. The third-order valence-corrected chi connectivity index (χ3v) is 3.31. The average molecular weight is 325 g/mol. The molecule has 0 aliphatic rings. The highest BCUT2D eigenvalue weighted by Gasteiger charge is 2.16. The fraction of sp³-hybridized carbons (Fsp3) is 0.133. The number of anilines is 2. The van der Waals surface area contributed by atoms with E-state index >= 15 is 0 Å². The van der Waals surface area contributed by atoms with Crippen LogP contribution < -0.4 is 15.8 Å². The third-order valence-electron chi connectivity index (χ3n) is 2.76. The zero-order valence-electron chi connectivity index (χ0n) is 11.3. The van der Waals surface area contributed by atoms with E-state index < -0.39 is 0 Å². The normalized spacial score (nSPS) is 10.2. The number of hydrogen-bond donors (Lipinski definition) is 2. The van der Waals surface area contributed by atoms with Gasteiger partial charge in [-0.3, -0.25) is 4.79 Å². The minimum absolute atomic E-state index is 0.350. The van der Waals surface area contributed by atoms with Gasteiger partial charge in [0.25, 0.3) is 5.91 Å². The largest absolute Gasteiger partial charge is 0.491 e. The van der Waals surface area contributed by atoms with Crippen LogP contribution in [0.25, 0.3) is 0 Å². The molecular formula is C15H14Cl2N2O2. The van der Waals surface area contributed by atoms with Gasteiger partial charge in [0.1, 0.15) is 0 Å². The van der Waals surface area contributed by atoms with E-state index in [-0.39, 0.29) is 5.91 Å². The molecule has 110 valence electrons. The summed E-state index contributed by atoms with van der Waals surface area (Å²) < 4.78 is 5.44. The van der Waals surface area contributed by atoms with Gasteiger partial charge in [-0.2, -0.15) is 0 Å². The predicted molar refractivity (Wildman–Crippen MR) is 86.4 cm³/mol. The summed E-state index contributed by atoms with van der Waals surface area (Å²) in [6.07, 6.45) is 0. The van der Waals surface area contributed by atoms with E-state index in [2.05, 4.69) is 5.32 Å². The molecule has 0 aliphatic heterocycles. The van der Waals surface area contributed by atoms with Gasteiger partial charge in [0.2, 0.25) is 0 Å². The SMILES string of the molecule is CCOc1c(N)cccc1C(=O)Nc1ccc(Cl)cc1Cl. The van der Waals surface area contributed by atoms with Gasteiger partial charge in [-0.25, -0.2) is 0 Å². The zero-order chi connectivity index (χ0) is 15.4. The molecule has 0 atom stereocenters. The fourth-order valence-electron chi connectivity index (χ4n) is 1.82. The monoisotopic (exact) mass is 324 g/mol. The molecule has 0 aromatic heterocycles. The fourth-order valence-corrected chi connectivity index (χ4v) is 2.28. The Morgan fingerprint density at radius 2 is 2.05 bits per heavy atom. The van der Waals surface area contributed by atoms with Crippen molar-refractivity contribution in [3.05, 3.63) is 52.0 Å². The number of amides is 1. The third kappa shape index (κ3) is 3.60. The number of para-hydroxylation sites is 1. The maximum atomic E-state index is 12.4. The van der Waals surface area contributed by atoms with E-state index in [4.69, 9.17) is 33.7 Å². The van der Waals surface area contributed by atoms with Crippen molar-refractivity contribution in [1.82, 2.24) is 0 Å². The minimum atomic E-state index is -0.352. The molecule has 0 fully saturated rings. The van der Waals surface area contributed by atoms with Crippen molar-refractivity contribution in [3.63, 3.8) is 0 Å². The van der Waals surface area contributed by atoms with Gasteiger partial charge < -0.3 is 15.8 Å². The van der Waals surface area contributed by atoms with Crippen LogP contribution in [0.1, 0.15) is 17.3 Å². The van der Waals surface area contributed by atoms with Crippen molar-refractivity contribution in [3.8, 4) is 5.75 Å². The summed E-state index contributed by atoms with van der Waals surface area (Å²) in [5, 5.41) is 3.57. The molecule has 21 heavy (non-hydrogen) atoms. The highest BCUT2D eigenvalue weighted by Crippen LogP contribution is 2.29. The van der Waals surface area contributed by atoms with Crippen molar-refractivity contribution in [2.75, 3.05) is 17.7 Å². The van der Waals surface area contributed by atoms with E-state index in [1.54, 1.807) is 36.4 Å². The molecule has 4 nitrogen and oxygen atoms in total. The van der Waals surface area contributed by atoms with Crippen molar-refractivity contribution < 1.29 is 9.53 Å². The molecule has 2 rings (SSSR count). The summed E-state index contributed by atoms with van der Waals surface area (Å²) in [7, 11) is 0. The molecule has 0 radical (unpaired) electrons. The number of nitrogens with one attached hydrogen (secondary N) is 1. The number of nitrogen functional groups attached to an aromatic ring is 1. The highest BCUT2D eigenvalue weighted by molar-refractivity contribution is 6.36. The van der Waals surface area contributed by atoms with Crippen molar-refractivity contribution in [2.24, 2.45) is 0 Å². The maximum Gasteiger partial charge on any atom is 0.259 e. The molecule has 0 saturated carbocycles. The summed E-state index contributed by atoms with van der Waals surface area (Å²) in [6.45, 7) is 2.24. The van der Waals surface area contributed by atoms with Crippen molar-refractivity contribution in [1.29, 1.82) is 0 Å². The molecule has 1 amide bonds. The van der Waals surface area contributed by atoms with Crippen LogP contribution in [0.5, 0.6) is 5.75 Å². The Morgan fingerprint density at radius 1 is 1.29 bits per heavy atom. The molecule has 2 aromatic rings. The predicted octanol–water partition coefficient (Wildman–Crippen LogP) is 4.23. The highest BCUT2D eigenvalue weighted by atomic mass is 35.5. The number of benzene rings is 2. The van der Waals surface area contributed by atoms with Crippen LogP contribution in [-0.2, 0) is 0 Å². The maximum absolute atomic E-state index is 12.4. The van der Waals surface area contributed by atoms with Gasteiger partial charge in [0.15, 0.2) is 5.75 Å². The van der Waals surface area contributed by atoms with Crippen LogP contribution in [0.15, 0.2) is 36.4 Å². The molecule has 0 unspecified atom stereocenters. The summed E-state index contributed by atoms with van der Waals surface area (Å²) in [6, 6.07) is 9.84. The van der Waals surface area contributed by atoms with Crippen LogP contribution in [0.4, 0.5) is 11.4 Å². The van der Waals surface area contributed by atoms with Crippen LogP contribution in [0, 0.1) is 0 Å². The zero-order valence-corrected chi connectivity index (χ0v) is 12.8. The molecule has 0 saturated heterocycles. The van der Waals surface area contributed by atoms with E-state index in [0.717, 1.165) is 0 Å². The Labute approximate surface area is 132 Å². The summed E-state index contributed by atoms with van der Waals surface area (Å²) in [5.74, 6) is 0.0116. The first-order valence-corrected chi connectivity index (χ1v) is 7.06.